The molecule has 1 aliphatic carbocycles. The van der Waals surface area contributed by atoms with Crippen molar-refractivity contribution in [1.82, 2.24) is 4.31 Å². The summed E-state index contributed by atoms with van der Waals surface area (Å²) in [5, 5.41) is 8.94. The number of carbonyl (C=O) groups excluding carboxylic acids is 1. The van der Waals surface area contributed by atoms with E-state index < -0.39 is 10.0 Å². The highest BCUT2D eigenvalue weighted by atomic mass is 32.2. The first-order chi connectivity index (χ1) is 13.0. The van der Waals surface area contributed by atoms with Gasteiger partial charge in [0.25, 0.3) is 0 Å². The van der Waals surface area contributed by atoms with Gasteiger partial charge in [0, 0.05) is 25.3 Å². The number of hydrogen-bond donors (Lipinski definition) is 0. The number of hydrogen-bond acceptors (Lipinski definition) is 4. The third-order valence-corrected chi connectivity index (χ3v) is 8.07. The van der Waals surface area contributed by atoms with Crippen molar-refractivity contribution in [2.24, 2.45) is 5.92 Å². The molecule has 2 fully saturated rings. The summed E-state index contributed by atoms with van der Waals surface area (Å²) in [6, 6.07) is 7.23. The van der Waals surface area contributed by atoms with E-state index in [1.807, 2.05) is 0 Å². The van der Waals surface area contributed by atoms with Crippen LogP contribution in [0.15, 0.2) is 23.1 Å². The summed E-state index contributed by atoms with van der Waals surface area (Å²) in [5.74, 6) is 0.0332. The first-order valence-corrected chi connectivity index (χ1v) is 11.3. The molecule has 2 heterocycles. The summed E-state index contributed by atoms with van der Waals surface area (Å²) in [4.78, 5) is 15.1. The van der Waals surface area contributed by atoms with Crippen molar-refractivity contribution in [2.45, 2.75) is 55.8 Å². The lowest BCUT2D eigenvalue weighted by atomic mass is 9.86. The van der Waals surface area contributed by atoms with Gasteiger partial charge in [0.2, 0.25) is 15.9 Å². The van der Waals surface area contributed by atoms with Crippen LogP contribution in [0.1, 0.15) is 56.4 Å². The zero-order valence-corrected chi connectivity index (χ0v) is 16.2. The van der Waals surface area contributed by atoms with E-state index in [0.717, 1.165) is 49.8 Å². The second kappa shape index (κ2) is 7.25. The van der Waals surface area contributed by atoms with Gasteiger partial charge in [-0.25, -0.2) is 8.42 Å². The average molecular weight is 388 g/mol. The summed E-state index contributed by atoms with van der Waals surface area (Å²) >= 11 is 0. The second-order valence-corrected chi connectivity index (χ2v) is 9.69. The van der Waals surface area contributed by atoms with Crippen molar-refractivity contribution in [2.75, 3.05) is 24.5 Å². The normalized spacial score (nSPS) is 23.7. The molecule has 1 aromatic rings. The number of nitriles is 1. The van der Waals surface area contributed by atoms with Crippen LogP contribution in [0.3, 0.4) is 0 Å². The van der Waals surface area contributed by atoms with E-state index in [1.165, 1.54) is 0 Å². The van der Waals surface area contributed by atoms with Gasteiger partial charge in [0.05, 0.1) is 23.3 Å². The quantitative estimate of drug-likeness (QED) is 0.778. The van der Waals surface area contributed by atoms with E-state index in [-0.39, 0.29) is 24.2 Å². The monoisotopic (exact) mass is 387 g/mol. The summed E-state index contributed by atoms with van der Waals surface area (Å²) in [5.41, 5.74) is 1.62. The van der Waals surface area contributed by atoms with Crippen LogP contribution in [0.5, 0.6) is 0 Å². The number of amides is 1. The molecular weight excluding hydrogens is 362 g/mol. The maximum atomic E-state index is 13.1. The fraction of sp³-hybridized carbons (Fsp3) is 0.600. The van der Waals surface area contributed by atoms with Gasteiger partial charge in [0.15, 0.2) is 0 Å². The molecule has 1 amide bonds. The highest BCUT2D eigenvalue weighted by Crippen LogP contribution is 2.47. The minimum absolute atomic E-state index is 0.0304. The molecule has 1 unspecified atom stereocenters. The van der Waals surface area contributed by atoms with Crippen molar-refractivity contribution in [1.29, 1.82) is 5.26 Å². The molecule has 1 atom stereocenters. The minimum Gasteiger partial charge on any atom is -0.311 e. The van der Waals surface area contributed by atoms with E-state index in [1.54, 1.807) is 27.4 Å². The van der Waals surface area contributed by atoms with Gasteiger partial charge < -0.3 is 4.90 Å². The van der Waals surface area contributed by atoms with Crippen molar-refractivity contribution in [3.8, 4) is 6.07 Å². The van der Waals surface area contributed by atoms with Crippen molar-refractivity contribution in [3.63, 3.8) is 0 Å². The first-order valence-electron chi connectivity index (χ1n) is 9.86. The lowest BCUT2D eigenvalue weighted by Gasteiger charge is -2.19. The molecule has 0 N–H and O–H groups in total. The van der Waals surface area contributed by atoms with Gasteiger partial charge in [-0.15, -0.1) is 0 Å². The predicted molar refractivity (Wildman–Crippen MR) is 102 cm³/mol. The van der Waals surface area contributed by atoms with Crippen LogP contribution >= 0.6 is 0 Å². The number of rotatable bonds is 5. The number of carbonyl (C=O) groups is 1. The second-order valence-electron chi connectivity index (χ2n) is 7.75. The zero-order chi connectivity index (χ0) is 19.0. The van der Waals surface area contributed by atoms with Gasteiger partial charge in [-0.3, -0.25) is 4.79 Å². The molecule has 0 spiro atoms. The smallest absolute Gasteiger partial charge is 0.243 e. The summed E-state index contributed by atoms with van der Waals surface area (Å²) in [7, 11) is -3.51. The van der Waals surface area contributed by atoms with E-state index in [0.29, 0.717) is 24.5 Å². The molecular formula is C20H25N3O3S. The largest absolute Gasteiger partial charge is 0.311 e. The average Bonchev–Trinajstić information content (AvgIpc) is 3.40. The Morgan fingerprint density at radius 3 is 2.48 bits per heavy atom. The van der Waals surface area contributed by atoms with Crippen LogP contribution in [0.25, 0.3) is 0 Å². The van der Waals surface area contributed by atoms with Crippen molar-refractivity contribution < 1.29 is 13.2 Å². The van der Waals surface area contributed by atoms with Gasteiger partial charge >= 0.3 is 0 Å². The topological polar surface area (TPSA) is 81.5 Å². The lowest BCUT2D eigenvalue weighted by molar-refractivity contribution is -0.120. The van der Waals surface area contributed by atoms with E-state index in [2.05, 4.69) is 6.07 Å². The highest BCUT2D eigenvalue weighted by Gasteiger charge is 2.43. The SMILES string of the molecule is N#CCCN1C(=O)C(C2CCCC2)c2cc(S(=O)(=O)N3CCCC3)ccc21. The Balaban J connectivity index is 1.74. The first kappa shape index (κ1) is 18.5. The third-order valence-electron chi connectivity index (χ3n) is 6.18. The molecule has 1 saturated carbocycles. The molecule has 1 saturated heterocycles. The van der Waals surface area contributed by atoms with Gasteiger partial charge in [0.1, 0.15) is 0 Å². The van der Waals surface area contributed by atoms with E-state index in [4.69, 9.17) is 5.26 Å². The zero-order valence-electron chi connectivity index (χ0n) is 15.4. The maximum absolute atomic E-state index is 13.1. The summed E-state index contributed by atoms with van der Waals surface area (Å²) in [6.45, 7) is 1.50. The number of anilines is 1. The van der Waals surface area contributed by atoms with Crippen LogP contribution in [0.2, 0.25) is 0 Å². The Kier molecular flexibility index (Phi) is 4.95. The van der Waals surface area contributed by atoms with Gasteiger partial charge in [-0.2, -0.15) is 9.57 Å². The van der Waals surface area contributed by atoms with Gasteiger partial charge in [-0.05, 0) is 55.4 Å². The van der Waals surface area contributed by atoms with Crippen molar-refractivity contribution >= 4 is 21.6 Å². The Hall–Kier alpha value is -1.91. The molecule has 0 bridgehead atoms. The molecule has 2 aliphatic heterocycles. The molecule has 3 aliphatic rings. The fourth-order valence-electron chi connectivity index (χ4n) is 4.82. The van der Waals surface area contributed by atoms with Crippen LogP contribution < -0.4 is 4.90 Å². The summed E-state index contributed by atoms with van der Waals surface area (Å²) < 4.78 is 27.5. The molecule has 27 heavy (non-hydrogen) atoms. The molecule has 0 radical (unpaired) electrons. The van der Waals surface area contributed by atoms with Crippen LogP contribution in [0, 0.1) is 17.2 Å². The number of fused-ring (bicyclic) bond motifs is 1. The van der Waals surface area contributed by atoms with Crippen LogP contribution in [0.4, 0.5) is 5.69 Å². The molecule has 144 valence electrons. The Bertz CT molecular complexity index is 878. The minimum atomic E-state index is -3.51. The van der Waals surface area contributed by atoms with Crippen molar-refractivity contribution in [3.05, 3.63) is 23.8 Å². The predicted octanol–water partition coefficient (Wildman–Crippen LogP) is 3.01. The standard InChI is InChI=1S/C20H25N3O3S/c21-10-5-13-23-18-9-8-16(27(25,26)22-11-3-4-12-22)14-17(18)19(20(23)24)15-6-1-2-7-15/h8-9,14-15,19H,1-7,11-13H2. The fourth-order valence-corrected chi connectivity index (χ4v) is 6.38. The Morgan fingerprint density at radius 1 is 1.11 bits per heavy atom. The number of nitrogens with zero attached hydrogens (tertiary/aromatic N) is 3. The van der Waals surface area contributed by atoms with Crippen LogP contribution in [-0.4, -0.2) is 38.3 Å². The lowest BCUT2D eigenvalue weighted by Crippen LogP contribution is -2.31. The Morgan fingerprint density at radius 2 is 1.81 bits per heavy atom. The number of benzene rings is 1. The van der Waals surface area contributed by atoms with Gasteiger partial charge in [-0.1, -0.05) is 12.8 Å². The number of sulfonamides is 1. The maximum Gasteiger partial charge on any atom is 0.243 e. The van der Waals surface area contributed by atoms with Crippen LogP contribution in [-0.2, 0) is 14.8 Å². The Labute approximate surface area is 160 Å². The summed E-state index contributed by atoms with van der Waals surface area (Å²) in [6.07, 6.45) is 6.32. The van der Waals surface area contributed by atoms with E-state index >= 15 is 0 Å². The molecule has 7 heteroatoms. The third kappa shape index (κ3) is 3.15. The molecule has 0 aromatic heterocycles. The highest BCUT2D eigenvalue weighted by molar-refractivity contribution is 7.89. The molecule has 6 nitrogen and oxygen atoms in total. The molecule has 4 rings (SSSR count). The van der Waals surface area contributed by atoms with E-state index in [9.17, 15) is 13.2 Å². The molecule has 1 aromatic carbocycles.